The molecule has 0 N–H and O–H groups in total. The number of sulfonamides is 1. The van der Waals surface area contributed by atoms with E-state index in [9.17, 15) is 21.6 Å². The number of nitrogens with zero attached hydrogens (tertiary/aromatic N) is 2. The van der Waals surface area contributed by atoms with Crippen molar-refractivity contribution in [1.82, 2.24) is 9.21 Å². The summed E-state index contributed by atoms with van der Waals surface area (Å²) in [5.74, 6) is 0.118. The molecule has 0 bridgehead atoms. The highest BCUT2D eigenvalue weighted by molar-refractivity contribution is 7.92. The van der Waals surface area contributed by atoms with E-state index in [1.165, 1.54) is 4.31 Å². The van der Waals surface area contributed by atoms with Crippen LogP contribution < -0.4 is 0 Å². The minimum absolute atomic E-state index is 0.0157. The van der Waals surface area contributed by atoms with Crippen molar-refractivity contribution in [3.63, 3.8) is 0 Å². The Bertz CT molecular complexity index is 657. The van der Waals surface area contributed by atoms with E-state index in [4.69, 9.17) is 0 Å². The quantitative estimate of drug-likeness (QED) is 0.705. The van der Waals surface area contributed by atoms with Crippen molar-refractivity contribution in [2.24, 2.45) is 5.92 Å². The minimum atomic E-state index is -3.45. The fourth-order valence-electron chi connectivity index (χ4n) is 3.48. The van der Waals surface area contributed by atoms with Crippen LogP contribution >= 0.6 is 0 Å². The number of hydrogen-bond acceptors (Lipinski definition) is 5. The van der Waals surface area contributed by atoms with Crippen LogP contribution in [0.25, 0.3) is 0 Å². The number of carbonyl (C=O) groups excluding carboxylic acids is 1. The number of amides is 1. The van der Waals surface area contributed by atoms with Gasteiger partial charge in [0.1, 0.15) is 0 Å². The summed E-state index contributed by atoms with van der Waals surface area (Å²) in [6, 6.07) is -0.555. The summed E-state index contributed by atoms with van der Waals surface area (Å²) in [5.41, 5.74) is 0. The zero-order valence-electron chi connectivity index (χ0n) is 13.9. The fraction of sp³-hybridized carbons (Fsp3) is 0.929. The first-order valence-corrected chi connectivity index (χ1v) is 11.5. The van der Waals surface area contributed by atoms with Crippen molar-refractivity contribution in [2.75, 3.05) is 31.6 Å². The Kier molecular flexibility index (Phi) is 5.42. The summed E-state index contributed by atoms with van der Waals surface area (Å²) >= 11 is 0. The third-order valence-electron chi connectivity index (χ3n) is 4.60. The molecule has 2 saturated heterocycles. The Morgan fingerprint density at radius 1 is 1.17 bits per heavy atom. The van der Waals surface area contributed by atoms with Gasteiger partial charge < -0.3 is 4.90 Å². The number of sulfone groups is 1. The van der Waals surface area contributed by atoms with Gasteiger partial charge in [0, 0.05) is 32.1 Å². The van der Waals surface area contributed by atoms with E-state index >= 15 is 0 Å². The summed E-state index contributed by atoms with van der Waals surface area (Å²) in [5, 5.41) is -0.706. The lowest BCUT2D eigenvalue weighted by molar-refractivity contribution is -0.131. The lowest BCUT2D eigenvalue weighted by Gasteiger charge is -2.38. The van der Waals surface area contributed by atoms with Crippen LogP contribution in [0.1, 0.15) is 33.1 Å². The van der Waals surface area contributed by atoms with Crippen molar-refractivity contribution in [3.8, 4) is 0 Å². The van der Waals surface area contributed by atoms with Gasteiger partial charge in [0.25, 0.3) is 0 Å². The smallest absolute Gasteiger partial charge is 0.222 e. The molecule has 0 unspecified atom stereocenters. The van der Waals surface area contributed by atoms with E-state index in [-0.39, 0.29) is 24.1 Å². The average molecular weight is 367 g/mol. The Morgan fingerprint density at radius 2 is 1.78 bits per heavy atom. The van der Waals surface area contributed by atoms with Crippen molar-refractivity contribution in [3.05, 3.63) is 0 Å². The molecule has 0 radical (unpaired) electrons. The summed E-state index contributed by atoms with van der Waals surface area (Å²) in [4.78, 5) is 13.9. The lowest BCUT2D eigenvalue weighted by Crippen LogP contribution is -2.56. The molecule has 0 aromatic heterocycles. The molecule has 7 nitrogen and oxygen atoms in total. The average Bonchev–Trinajstić information content (AvgIpc) is 2.59. The van der Waals surface area contributed by atoms with Gasteiger partial charge in [-0.15, -0.1) is 0 Å². The van der Waals surface area contributed by atoms with E-state index in [0.717, 1.165) is 6.26 Å². The van der Waals surface area contributed by atoms with Crippen molar-refractivity contribution < 1.29 is 21.6 Å². The molecule has 0 aromatic rings. The number of carbonyl (C=O) groups is 1. The fourth-order valence-corrected chi connectivity index (χ4v) is 6.82. The number of hydrogen-bond donors (Lipinski definition) is 0. The van der Waals surface area contributed by atoms with Gasteiger partial charge in [-0.1, -0.05) is 13.8 Å². The highest BCUT2D eigenvalue weighted by atomic mass is 32.2. The molecule has 2 heterocycles. The molecule has 2 atom stereocenters. The first-order valence-electron chi connectivity index (χ1n) is 7.98. The molecule has 2 rings (SSSR count). The van der Waals surface area contributed by atoms with Crippen molar-refractivity contribution in [2.45, 2.75) is 44.4 Å². The normalized spacial score (nSPS) is 29.1. The van der Waals surface area contributed by atoms with Gasteiger partial charge in [-0.3, -0.25) is 4.79 Å². The van der Waals surface area contributed by atoms with Gasteiger partial charge in [-0.25, -0.2) is 16.8 Å². The standard InChI is InChI=1S/C14H26N2O5S2/c1-11(2)10-14(17)15-6-4-12-13(5-7-15)23(20,21)9-8-16(12)22(3,18)19/h11-13H,4-10H2,1-3H3/t12-,13+/m0/s1. The monoisotopic (exact) mass is 366 g/mol. The minimum Gasteiger partial charge on any atom is -0.343 e. The van der Waals surface area contributed by atoms with E-state index in [2.05, 4.69) is 0 Å². The van der Waals surface area contributed by atoms with Crippen molar-refractivity contribution >= 4 is 25.8 Å². The third kappa shape index (κ3) is 4.24. The van der Waals surface area contributed by atoms with E-state index < -0.39 is 31.2 Å². The Balaban J connectivity index is 2.23. The molecular formula is C14H26N2O5S2. The van der Waals surface area contributed by atoms with Crippen LogP contribution in [-0.4, -0.2) is 74.9 Å². The van der Waals surface area contributed by atoms with Gasteiger partial charge >= 0.3 is 0 Å². The second-order valence-electron chi connectivity index (χ2n) is 6.90. The Labute approximate surface area is 139 Å². The molecule has 0 spiro atoms. The van der Waals surface area contributed by atoms with E-state index in [0.29, 0.717) is 32.4 Å². The van der Waals surface area contributed by atoms with Gasteiger partial charge in [0.2, 0.25) is 15.9 Å². The topological polar surface area (TPSA) is 91.8 Å². The molecule has 0 aromatic carbocycles. The largest absolute Gasteiger partial charge is 0.343 e. The maximum absolute atomic E-state index is 12.4. The summed E-state index contributed by atoms with van der Waals surface area (Å²) in [7, 11) is -6.77. The van der Waals surface area contributed by atoms with Gasteiger partial charge in [-0.2, -0.15) is 4.31 Å². The van der Waals surface area contributed by atoms with Gasteiger partial charge in [0.15, 0.2) is 9.84 Å². The molecule has 0 aliphatic carbocycles. The molecule has 2 fully saturated rings. The van der Waals surface area contributed by atoms with Crippen LogP contribution in [0.4, 0.5) is 0 Å². The Hall–Kier alpha value is -0.670. The molecule has 0 saturated carbocycles. The molecule has 23 heavy (non-hydrogen) atoms. The molecule has 9 heteroatoms. The van der Waals surface area contributed by atoms with Crippen LogP contribution in [0.5, 0.6) is 0 Å². The SMILES string of the molecule is CC(C)CC(=O)N1CC[C@@H]2[C@H](CC1)N(S(C)(=O)=O)CCS2(=O)=O. The third-order valence-corrected chi connectivity index (χ3v) is 8.13. The number of likely N-dealkylation sites (tertiary alicyclic amines) is 1. The van der Waals surface area contributed by atoms with E-state index in [1.54, 1.807) is 4.90 Å². The maximum Gasteiger partial charge on any atom is 0.222 e. The van der Waals surface area contributed by atoms with Crippen LogP contribution in [0, 0.1) is 5.92 Å². The van der Waals surface area contributed by atoms with Crippen LogP contribution in [0.3, 0.4) is 0 Å². The Morgan fingerprint density at radius 3 is 2.35 bits per heavy atom. The molecule has 2 aliphatic rings. The maximum atomic E-state index is 12.4. The zero-order chi connectivity index (χ0) is 17.4. The van der Waals surface area contributed by atoms with Crippen LogP contribution in [-0.2, 0) is 24.7 Å². The number of rotatable bonds is 3. The van der Waals surface area contributed by atoms with Crippen LogP contribution in [0.15, 0.2) is 0 Å². The van der Waals surface area contributed by atoms with Crippen LogP contribution in [0.2, 0.25) is 0 Å². The lowest BCUT2D eigenvalue weighted by atomic mass is 10.1. The summed E-state index contributed by atoms with van der Waals surface area (Å²) in [6.07, 6.45) is 2.23. The predicted octanol–water partition coefficient (Wildman–Crippen LogP) is 0.0821. The molecule has 2 aliphatic heterocycles. The highest BCUT2D eigenvalue weighted by Crippen LogP contribution is 2.29. The second-order valence-corrected chi connectivity index (χ2v) is 11.2. The summed E-state index contributed by atoms with van der Waals surface area (Å²) in [6.45, 7) is 4.73. The van der Waals surface area contributed by atoms with Gasteiger partial charge in [0.05, 0.1) is 17.3 Å². The first kappa shape index (κ1) is 18.7. The second kappa shape index (κ2) is 6.68. The summed E-state index contributed by atoms with van der Waals surface area (Å²) < 4.78 is 50.0. The van der Waals surface area contributed by atoms with Gasteiger partial charge in [-0.05, 0) is 18.8 Å². The van der Waals surface area contributed by atoms with Crippen molar-refractivity contribution in [1.29, 1.82) is 0 Å². The number of fused-ring (bicyclic) bond motifs is 1. The molecule has 1 amide bonds. The highest BCUT2D eigenvalue weighted by Gasteiger charge is 2.46. The predicted molar refractivity (Wildman–Crippen MR) is 88.2 cm³/mol. The molecule has 134 valence electrons. The van der Waals surface area contributed by atoms with E-state index in [1.807, 2.05) is 13.8 Å². The zero-order valence-corrected chi connectivity index (χ0v) is 15.6. The first-order chi connectivity index (χ1) is 10.5. The molecular weight excluding hydrogens is 340 g/mol.